The van der Waals surface area contributed by atoms with E-state index in [9.17, 15) is 8.42 Å². The predicted octanol–water partition coefficient (Wildman–Crippen LogP) is 1.26. The molecule has 1 aromatic rings. The number of benzene rings is 1. The molecule has 0 saturated heterocycles. The highest BCUT2D eigenvalue weighted by molar-refractivity contribution is 7.89. The number of hydrogen-bond donors (Lipinski definition) is 2. The van der Waals surface area contributed by atoms with Crippen molar-refractivity contribution in [2.45, 2.75) is 30.7 Å². The van der Waals surface area contributed by atoms with Gasteiger partial charge < -0.3 is 5.32 Å². The summed E-state index contributed by atoms with van der Waals surface area (Å²) >= 11 is 0. The van der Waals surface area contributed by atoms with Gasteiger partial charge >= 0.3 is 0 Å². The Labute approximate surface area is 138 Å². The fourth-order valence-electron chi connectivity index (χ4n) is 3.11. The summed E-state index contributed by atoms with van der Waals surface area (Å²) in [6, 6.07) is 5.48. The predicted molar refractivity (Wildman–Crippen MR) is 91.9 cm³/mol. The minimum atomic E-state index is -3.41. The molecule has 2 heterocycles. The number of nitrogens with zero attached hydrogens (tertiary/aromatic N) is 1. The van der Waals surface area contributed by atoms with E-state index >= 15 is 0 Å². The first kappa shape index (κ1) is 16.6. The van der Waals surface area contributed by atoms with Crippen LogP contribution in [0.15, 0.2) is 35.2 Å². The van der Waals surface area contributed by atoms with E-state index in [4.69, 9.17) is 0 Å². The molecule has 5 nitrogen and oxygen atoms in total. The molecule has 0 radical (unpaired) electrons. The molecular weight excluding hydrogens is 310 g/mol. The fourth-order valence-corrected chi connectivity index (χ4v) is 4.23. The van der Waals surface area contributed by atoms with Crippen molar-refractivity contribution in [1.29, 1.82) is 0 Å². The number of hydrogen-bond acceptors (Lipinski definition) is 4. The van der Waals surface area contributed by atoms with Crippen LogP contribution in [0, 0.1) is 0 Å². The molecule has 23 heavy (non-hydrogen) atoms. The Morgan fingerprint density at radius 3 is 2.96 bits per heavy atom. The van der Waals surface area contributed by atoms with Crippen LogP contribution in [0.4, 0.5) is 0 Å². The molecule has 2 aliphatic heterocycles. The summed E-state index contributed by atoms with van der Waals surface area (Å²) in [5, 5.41) is 3.28. The van der Waals surface area contributed by atoms with Gasteiger partial charge in [-0.1, -0.05) is 18.2 Å². The molecule has 1 aromatic carbocycles. The zero-order valence-electron chi connectivity index (χ0n) is 13.4. The lowest BCUT2D eigenvalue weighted by Gasteiger charge is -2.22. The standard InChI is InChI=1S/C17H25N3O2S/c21-23(22,19-8-4-12-20-10-2-1-3-11-20)17-6-5-15-7-9-18-14-16(15)13-17/h1-2,5-6,13,18-19H,3-4,7-12,14H2. The summed E-state index contributed by atoms with van der Waals surface area (Å²) in [4.78, 5) is 2.72. The summed E-state index contributed by atoms with van der Waals surface area (Å²) < 4.78 is 27.6. The molecule has 6 heteroatoms. The van der Waals surface area contributed by atoms with Crippen LogP contribution < -0.4 is 10.0 Å². The maximum absolute atomic E-state index is 12.4. The zero-order valence-corrected chi connectivity index (χ0v) is 14.2. The average Bonchev–Trinajstić information content (AvgIpc) is 2.59. The molecule has 0 spiro atoms. The number of fused-ring (bicyclic) bond motifs is 1. The quantitative estimate of drug-likeness (QED) is 0.607. The molecule has 126 valence electrons. The van der Waals surface area contributed by atoms with Crippen molar-refractivity contribution in [3.05, 3.63) is 41.5 Å². The summed E-state index contributed by atoms with van der Waals surface area (Å²) in [5.41, 5.74) is 2.35. The topological polar surface area (TPSA) is 61.4 Å². The van der Waals surface area contributed by atoms with Gasteiger partial charge in [0.05, 0.1) is 4.90 Å². The van der Waals surface area contributed by atoms with Crippen molar-refractivity contribution >= 4 is 10.0 Å². The van der Waals surface area contributed by atoms with Gasteiger partial charge in [-0.3, -0.25) is 4.90 Å². The SMILES string of the molecule is O=S(=O)(NCCCN1CC=CCC1)c1ccc2c(c1)CNCC2. The summed E-state index contributed by atoms with van der Waals surface area (Å²) in [7, 11) is -3.41. The molecule has 2 N–H and O–H groups in total. The smallest absolute Gasteiger partial charge is 0.240 e. The Kier molecular flexibility index (Phi) is 5.48. The van der Waals surface area contributed by atoms with Gasteiger partial charge in [-0.05, 0) is 55.6 Å². The van der Waals surface area contributed by atoms with E-state index in [1.165, 1.54) is 5.56 Å². The molecule has 0 saturated carbocycles. The number of nitrogens with one attached hydrogen (secondary N) is 2. The lowest BCUT2D eigenvalue weighted by molar-refractivity contribution is 0.295. The van der Waals surface area contributed by atoms with E-state index in [2.05, 4.69) is 27.1 Å². The van der Waals surface area contributed by atoms with Crippen molar-refractivity contribution in [3.63, 3.8) is 0 Å². The van der Waals surface area contributed by atoms with Crippen LogP contribution >= 0.6 is 0 Å². The first-order valence-corrected chi connectivity index (χ1v) is 9.83. The Morgan fingerprint density at radius 1 is 1.22 bits per heavy atom. The van der Waals surface area contributed by atoms with Crippen molar-refractivity contribution in [2.75, 3.05) is 32.7 Å². The van der Waals surface area contributed by atoms with Gasteiger partial charge in [-0.2, -0.15) is 0 Å². The molecule has 0 aromatic heterocycles. The van der Waals surface area contributed by atoms with Crippen LogP contribution in [0.3, 0.4) is 0 Å². The van der Waals surface area contributed by atoms with Crippen LogP contribution in [-0.2, 0) is 23.0 Å². The van der Waals surface area contributed by atoms with Crippen LogP contribution in [0.5, 0.6) is 0 Å². The third kappa shape index (κ3) is 4.41. The van der Waals surface area contributed by atoms with Crippen LogP contribution in [0.25, 0.3) is 0 Å². The van der Waals surface area contributed by atoms with Crippen molar-refractivity contribution < 1.29 is 8.42 Å². The summed E-state index contributed by atoms with van der Waals surface area (Å²) in [6.07, 6.45) is 7.26. The Hall–Kier alpha value is -1.21. The second-order valence-corrected chi connectivity index (χ2v) is 7.94. The normalized spacial score (nSPS) is 18.8. The van der Waals surface area contributed by atoms with Gasteiger partial charge in [0.25, 0.3) is 0 Å². The van der Waals surface area contributed by atoms with Gasteiger partial charge in [-0.25, -0.2) is 13.1 Å². The van der Waals surface area contributed by atoms with Gasteiger partial charge in [0.15, 0.2) is 0 Å². The van der Waals surface area contributed by atoms with Crippen LogP contribution in [-0.4, -0.2) is 46.0 Å². The van der Waals surface area contributed by atoms with E-state index in [0.717, 1.165) is 57.5 Å². The van der Waals surface area contributed by atoms with Gasteiger partial charge in [0, 0.05) is 26.2 Å². The molecule has 0 atom stereocenters. The first-order valence-electron chi connectivity index (χ1n) is 8.35. The minimum Gasteiger partial charge on any atom is -0.312 e. The van der Waals surface area contributed by atoms with Crippen molar-refractivity contribution in [3.8, 4) is 0 Å². The Balaban J connectivity index is 1.53. The molecule has 0 bridgehead atoms. The maximum Gasteiger partial charge on any atom is 0.240 e. The largest absolute Gasteiger partial charge is 0.312 e. The molecule has 3 rings (SSSR count). The Morgan fingerprint density at radius 2 is 2.13 bits per heavy atom. The van der Waals surface area contributed by atoms with E-state index in [0.29, 0.717) is 11.4 Å². The maximum atomic E-state index is 12.4. The fraction of sp³-hybridized carbons (Fsp3) is 0.529. The van der Waals surface area contributed by atoms with E-state index in [1.54, 1.807) is 12.1 Å². The van der Waals surface area contributed by atoms with E-state index in [1.807, 2.05) is 6.07 Å². The second-order valence-electron chi connectivity index (χ2n) is 6.17. The highest BCUT2D eigenvalue weighted by atomic mass is 32.2. The summed E-state index contributed by atoms with van der Waals surface area (Å²) in [5.74, 6) is 0. The molecule has 0 aliphatic carbocycles. The van der Waals surface area contributed by atoms with Gasteiger partial charge in [0.2, 0.25) is 10.0 Å². The molecule has 0 amide bonds. The third-order valence-corrected chi connectivity index (χ3v) is 5.92. The highest BCUT2D eigenvalue weighted by Crippen LogP contribution is 2.18. The first-order chi connectivity index (χ1) is 11.1. The molecule has 2 aliphatic rings. The number of sulfonamides is 1. The van der Waals surface area contributed by atoms with Crippen molar-refractivity contribution in [2.24, 2.45) is 0 Å². The highest BCUT2D eigenvalue weighted by Gasteiger charge is 2.17. The Bertz CT molecular complexity index is 670. The van der Waals surface area contributed by atoms with E-state index in [-0.39, 0.29) is 0 Å². The number of rotatable bonds is 6. The summed E-state index contributed by atoms with van der Waals surface area (Å²) in [6.45, 7) is 5.18. The molecule has 0 unspecified atom stereocenters. The van der Waals surface area contributed by atoms with Gasteiger partial charge in [-0.15, -0.1) is 0 Å². The average molecular weight is 335 g/mol. The zero-order chi connectivity index (χ0) is 16.1. The molecule has 0 fully saturated rings. The lowest BCUT2D eigenvalue weighted by atomic mass is 10.0. The van der Waals surface area contributed by atoms with Crippen LogP contribution in [0.2, 0.25) is 0 Å². The monoisotopic (exact) mass is 335 g/mol. The third-order valence-electron chi connectivity index (χ3n) is 4.46. The second kappa shape index (κ2) is 7.57. The minimum absolute atomic E-state index is 0.376. The van der Waals surface area contributed by atoms with Gasteiger partial charge in [0.1, 0.15) is 0 Å². The lowest BCUT2D eigenvalue weighted by Crippen LogP contribution is -2.32. The van der Waals surface area contributed by atoms with Crippen LogP contribution in [0.1, 0.15) is 24.0 Å². The van der Waals surface area contributed by atoms with Crippen molar-refractivity contribution in [1.82, 2.24) is 14.9 Å². The molecular formula is C17H25N3O2S. The van der Waals surface area contributed by atoms with E-state index < -0.39 is 10.0 Å².